The van der Waals surface area contributed by atoms with Crippen molar-refractivity contribution >= 4 is 11.6 Å². The highest BCUT2D eigenvalue weighted by molar-refractivity contribution is 6.31. The maximum atomic E-state index is 13.4. The first-order valence-corrected chi connectivity index (χ1v) is 7.22. The van der Waals surface area contributed by atoms with Gasteiger partial charge in [0, 0.05) is 11.1 Å². The molecule has 2 saturated carbocycles. The molecule has 0 amide bonds. The van der Waals surface area contributed by atoms with Gasteiger partial charge in [-0.05, 0) is 61.4 Å². The monoisotopic (exact) mass is 267 g/mol. The van der Waals surface area contributed by atoms with E-state index in [1.54, 1.807) is 12.1 Å². The maximum absolute atomic E-state index is 13.4. The molecule has 3 heteroatoms. The van der Waals surface area contributed by atoms with E-state index in [1.165, 1.54) is 31.7 Å². The Balaban J connectivity index is 1.86. The van der Waals surface area contributed by atoms with Crippen molar-refractivity contribution in [1.82, 2.24) is 5.32 Å². The van der Waals surface area contributed by atoms with Crippen molar-refractivity contribution in [3.8, 4) is 0 Å². The average molecular weight is 268 g/mol. The van der Waals surface area contributed by atoms with Crippen molar-refractivity contribution in [3.63, 3.8) is 0 Å². The van der Waals surface area contributed by atoms with Crippen LogP contribution in [0.1, 0.15) is 37.3 Å². The van der Waals surface area contributed by atoms with Crippen molar-refractivity contribution in [3.05, 3.63) is 34.6 Å². The first kappa shape index (κ1) is 12.4. The van der Waals surface area contributed by atoms with Crippen LogP contribution in [0.2, 0.25) is 5.02 Å². The zero-order valence-corrected chi connectivity index (χ0v) is 11.4. The lowest BCUT2D eigenvalue weighted by molar-refractivity contribution is 0.479. The van der Waals surface area contributed by atoms with E-state index in [4.69, 9.17) is 11.6 Å². The fourth-order valence-electron chi connectivity index (χ4n) is 3.85. The summed E-state index contributed by atoms with van der Waals surface area (Å²) in [5.41, 5.74) is 0.929. The summed E-state index contributed by atoms with van der Waals surface area (Å²) in [4.78, 5) is 0. The van der Waals surface area contributed by atoms with Crippen LogP contribution in [-0.4, -0.2) is 7.05 Å². The Morgan fingerprint density at radius 1 is 1.28 bits per heavy atom. The van der Waals surface area contributed by atoms with Gasteiger partial charge in [-0.1, -0.05) is 24.4 Å². The molecule has 18 heavy (non-hydrogen) atoms. The smallest absolute Gasteiger partial charge is 0.123 e. The summed E-state index contributed by atoms with van der Waals surface area (Å²) in [6.07, 6.45) is 5.37. The molecule has 1 aromatic carbocycles. The van der Waals surface area contributed by atoms with E-state index in [2.05, 4.69) is 5.32 Å². The van der Waals surface area contributed by atoms with E-state index in [0.29, 0.717) is 10.9 Å². The minimum absolute atomic E-state index is 0.196. The molecule has 0 saturated heterocycles. The van der Waals surface area contributed by atoms with Crippen LogP contribution in [0.25, 0.3) is 0 Å². The number of nitrogens with one attached hydrogen (secondary N) is 1. The summed E-state index contributed by atoms with van der Waals surface area (Å²) in [6, 6.07) is 4.90. The maximum Gasteiger partial charge on any atom is 0.123 e. The molecule has 3 unspecified atom stereocenters. The average Bonchev–Trinajstić information content (AvgIpc) is 3.09. The van der Waals surface area contributed by atoms with Crippen LogP contribution in [0, 0.1) is 23.6 Å². The lowest BCUT2D eigenvalue weighted by Gasteiger charge is -2.18. The Hall–Kier alpha value is -0.600. The molecule has 1 N–H and O–H groups in total. The minimum atomic E-state index is -0.196. The Labute approximate surface area is 113 Å². The van der Waals surface area contributed by atoms with Crippen LogP contribution >= 0.6 is 11.6 Å². The Morgan fingerprint density at radius 3 is 2.56 bits per heavy atom. The van der Waals surface area contributed by atoms with Gasteiger partial charge in [-0.3, -0.25) is 0 Å². The second-order valence-electron chi connectivity index (χ2n) is 5.62. The van der Waals surface area contributed by atoms with Gasteiger partial charge in [-0.2, -0.15) is 0 Å². The van der Waals surface area contributed by atoms with E-state index >= 15 is 0 Å². The zero-order valence-electron chi connectivity index (χ0n) is 10.6. The predicted octanol–water partition coefficient (Wildman–Crippen LogP) is 4.18. The highest BCUT2D eigenvalue weighted by Crippen LogP contribution is 2.60. The van der Waals surface area contributed by atoms with Gasteiger partial charge < -0.3 is 5.32 Å². The van der Waals surface area contributed by atoms with E-state index < -0.39 is 0 Å². The molecule has 3 atom stereocenters. The van der Waals surface area contributed by atoms with Crippen molar-refractivity contribution in [2.24, 2.45) is 17.8 Å². The molecular formula is C15H19ClFN. The Kier molecular flexibility index (Phi) is 3.33. The van der Waals surface area contributed by atoms with Crippen LogP contribution in [-0.2, 0) is 0 Å². The van der Waals surface area contributed by atoms with E-state index in [1.807, 2.05) is 7.05 Å². The van der Waals surface area contributed by atoms with Crippen molar-refractivity contribution in [2.75, 3.05) is 7.05 Å². The molecule has 3 rings (SSSR count). The zero-order chi connectivity index (χ0) is 12.7. The Morgan fingerprint density at radius 2 is 1.94 bits per heavy atom. The molecule has 2 aliphatic carbocycles. The summed E-state index contributed by atoms with van der Waals surface area (Å²) in [5, 5.41) is 4.03. The van der Waals surface area contributed by atoms with E-state index in [0.717, 1.165) is 17.4 Å². The van der Waals surface area contributed by atoms with Crippen LogP contribution < -0.4 is 5.32 Å². The van der Waals surface area contributed by atoms with Gasteiger partial charge in [0.1, 0.15) is 5.82 Å². The third-order valence-corrected chi connectivity index (χ3v) is 5.06. The van der Waals surface area contributed by atoms with Gasteiger partial charge in [0.2, 0.25) is 0 Å². The van der Waals surface area contributed by atoms with Crippen molar-refractivity contribution in [1.29, 1.82) is 0 Å². The third kappa shape index (κ3) is 2.06. The first-order chi connectivity index (χ1) is 8.72. The van der Waals surface area contributed by atoms with Crippen LogP contribution in [0.3, 0.4) is 0 Å². The second kappa shape index (κ2) is 4.82. The number of benzene rings is 1. The number of hydrogen-bond donors (Lipinski definition) is 1. The fraction of sp³-hybridized carbons (Fsp3) is 0.600. The molecular weight excluding hydrogens is 249 g/mol. The molecule has 2 aliphatic rings. The molecule has 0 radical (unpaired) electrons. The molecule has 1 nitrogen and oxygen atoms in total. The standard InChI is InChI=1S/C15H19ClFN/c1-18-15(12-8-9(17)6-7-13(12)16)14-10-4-2-3-5-11(10)14/h6-8,10-11,14-15,18H,2-5H2,1H3. The van der Waals surface area contributed by atoms with Gasteiger partial charge in [-0.15, -0.1) is 0 Å². The van der Waals surface area contributed by atoms with Crippen molar-refractivity contribution < 1.29 is 4.39 Å². The van der Waals surface area contributed by atoms with Gasteiger partial charge >= 0.3 is 0 Å². The highest BCUT2D eigenvalue weighted by atomic mass is 35.5. The molecule has 98 valence electrons. The molecule has 0 aromatic heterocycles. The van der Waals surface area contributed by atoms with E-state index in [9.17, 15) is 4.39 Å². The summed E-state index contributed by atoms with van der Waals surface area (Å²) < 4.78 is 13.4. The molecule has 1 aromatic rings. The number of halogens is 2. The lowest BCUT2D eigenvalue weighted by Crippen LogP contribution is -2.20. The van der Waals surface area contributed by atoms with Gasteiger partial charge in [0.25, 0.3) is 0 Å². The number of fused-ring (bicyclic) bond motifs is 1. The molecule has 0 spiro atoms. The first-order valence-electron chi connectivity index (χ1n) is 6.84. The normalized spacial score (nSPS) is 31.8. The number of hydrogen-bond acceptors (Lipinski definition) is 1. The molecule has 0 bridgehead atoms. The predicted molar refractivity (Wildman–Crippen MR) is 72.1 cm³/mol. The minimum Gasteiger partial charge on any atom is -0.313 e. The van der Waals surface area contributed by atoms with Gasteiger partial charge in [0.15, 0.2) is 0 Å². The topological polar surface area (TPSA) is 12.0 Å². The van der Waals surface area contributed by atoms with Crippen LogP contribution in [0.4, 0.5) is 4.39 Å². The lowest BCUT2D eigenvalue weighted by atomic mass is 10.00. The SMILES string of the molecule is CNC(c1cc(F)ccc1Cl)C1C2CCCCC21. The quantitative estimate of drug-likeness (QED) is 0.866. The van der Waals surface area contributed by atoms with Crippen molar-refractivity contribution in [2.45, 2.75) is 31.7 Å². The number of rotatable bonds is 3. The third-order valence-electron chi connectivity index (χ3n) is 4.71. The highest BCUT2D eigenvalue weighted by Gasteiger charge is 2.54. The molecule has 0 aliphatic heterocycles. The summed E-state index contributed by atoms with van der Waals surface area (Å²) in [5.74, 6) is 2.11. The van der Waals surface area contributed by atoms with Crippen LogP contribution in [0.5, 0.6) is 0 Å². The summed E-state index contributed by atoms with van der Waals surface area (Å²) in [6.45, 7) is 0. The Bertz CT molecular complexity index is 436. The largest absolute Gasteiger partial charge is 0.313 e. The van der Waals surface area contributed by atoms with Gasteiger partial charge in [-0.25, -0.2) is 4.39 Å². The fourth-order valence-corrected chi connectivity index (χ4v) is 4.09. The second-order valence-corrected chi connectivity index (χ2v) is 6.03. The molecule has 2 fully saturated rings. The van der Waals surface area contributed by atoms with E-state index in [-0.39, 0.29) is 11.9 Å². The molecule has 0 heterocycles. The van der Waals surface area contributed by atoms with Crippen LogP contribution in [0.15, 0.2) is 18.2 Å². The summed E-state index contributed by atoms with van der Waals surface area (Å²) >= 11 is 6.23. The van der Waals surface area contributed by atoms with Gasteiger partial charge in [0.05, 0.1) is 0 Å². The summed E-state index contributed by atoms with van der Waals surface area (Å²) in [7, 11) is 1.95.